The second-order valence-electron chi connectivity index (χ2n) is 6.18. The number of benzene rings is 2. The van der Waals surface area contributed by atoms with Crippen molar-refractivity contribution < 1.29 is 32.5 Å². The van der Waals surface area contributed by atoms with Crippen molar-refractivity contribution in [3.63, 3.8) is 0 Å². The number of methoxy groups -OCH3 is 2. The Morgan fingerprint density at radius 3 is 2.35 bits per heavy atom. The van der Waals surface area contributed by atoms with Crippen LogP contribution in [0.1, 0.15) is 17.0 Å². The second-order valence-corrected chi connectivity index (χ2v) is 6.18. The molecule has 0 aromatic heterocycles. The topological polar surface area (TPSA) is 66.0 Å². The molecule has 1 amide bonds. The summed E-state index contributed by atoms with van der Waals surface area (Å²) in [6.07, 6.45) is 4.80. The van der Waals surface area contributed by atoms with E-state index in [2.05, 4.69) is 17.8 Å². The maximum Gasteiger partial charge on any atom is 0.347 e. The van der Waals surface area contributed by atoms with Gasteiger partial charge in [0.15, 0.2) is 11.5 Å². The first-order valence-electron chi connectivity index (χ1n) is 9.18. The van der Waals surface area contributed by atoms with Gasteiger partial charge in [-0.25, -0.2) is 0 Å². The number of hydrogen-bond donors (Lipinski definition) is 1. The molecule has 31 heavy (non-hydrogen) atoms. The minimum absolute atomic E-state index is 0.0319. The molecule has 0 saturated heterocycles. The summed E-state index contributed by atoms with van der Waals surface area (Å²) in [7, 11) is 2.95. The Kier molecular flexibility index (Phi) is 8.85. The van der Waals surface area contributed by atoms with E-state index in [-0.39, 0.29) is 6.61 Å². The van der Waals surface area contributed by atoms with Crippen molar-refractivity contribution in [1.82, 2.24) is 5.32 Å². The van der Waals surface area contributed by atoms with E-state index in [0.717, 1.165) is 6.08 Å². The molecule has 0 fully saturated rings. The van der Waals surface area contributed by atoms with Gasteiger partial charge in [0.25, 0.3) is 0 Å². The number of terminal acetylenes is 1. The largest absolute Gasteiger partial charge is 0.497 e. The van der Waals surface area contributed by atoms with Gasteiger partial charge in [-0.15, -0.1) is 6.42 Å². The molecule has 0 heterocycles. The highest BCUT2D eigenvalue weighted by atomic mass is 19.3. The zero-order chi connectivity index (χ0) is 22.8. The van der Waals surface area contributed by atoms with Crippen molar-refractivity contribution in [3.05, 3.63) is 66.2 Å². The van der Waals surface area contributed by atoms with Crippen LogP contribution >= 0.6 is 0 Å². The molecule has 2 aromatic rings. The van der Waals surface area contributed by atoms with Gasteiger partial charge in [-0.1, -0.05) is 30.7 Å². The number of carbonyl (C=O) groups excluding carboxylic acids is 1. The Balaban J connectivity index is 2.57. The summed E-state index contributed by atoms with van der Waals surface area (Å²) >= 11 is 0. The fraction of sp³-hybridized carbons (Fsp3) is 0.261. The smallest absolute Gasteiger partial charge is 0.347 e. The Hall–Kier alpha value is -3.57. The zero-order valence-electron chi connectivity index (χ0n) is 17.1. The molecule has 0 aliphatic carbocycles. The minimum atomic E-state index is -3.13. The molecule has 8 heteroatoms. The molecule has 0 aliphatic rings. The molecular formula is C23H23F2NO5. The number of alkyl halides is 2. The predicted molar refractivity (Wildman–Crippen MR) is 111 cm³/mol. The normalized spacial score (nSPS) is 12.4. The molecule has 0 radical (unpaired) electrons. The van der Waals surface area contributed by atoms with E-state index in [0.29, 0.717) is 28.4 Å². The highest BCUT2D eigenvalue weighted by molar-refractivity contribution is 5.87. The first-order chi connectivity index (χ1) is 14.9. The molecule has 2 atom stereocenters. The molecule has 164 valence electrons. The lowest BCUT2D eigenvalue weighted by Gasteiger charge is -2.29. The molecule has 0 saturated carbocycles. The van der Waals surface area contributed by atoms with E-state index in [1.165, 1.54) is 14.2 Å². The fourth-order valence-corrected chi connectivity index (χ4v) is 2.98. The summed E-state index contributed by atoms with van der Waals surface area (Å²) in [4.78, 5) is 11.9. The van der Waals surface area contributed by atoms with Gasteiger partial charge >= 0.3 is 6.61 Å². The second kappa shape index (κ2) is 11.6. The highest BCUT2D eigenvalue weighted by Crippen LogP contribution is 2.36. The van der Waals surface area contributed by atoms with Gasteiger partial charge in [0, 0.05) is 0 Å². The third kappa shape index (κ3) is 6.46. The molecule has 1 N–H and O–H groups in total. The summed E-state index contributed by atoms with van der Waals surface area (Å²) < 4.78 is 47.2. The van der Waals surface area contributed by atoms with Gasteiger partial charge in [0.2, 0.25) is 5.91 Å². The Morgan fingerprint density at radius 1 is 1.13 bits per heavy atom. The van der Waals surface area contributed by atoms with E-state index < -0.39 is 24.7 Å². The number of carbonyl (C=O) groups is 1. The van der Waals surface area contributed by atoms with Gasteiger partial charge < -0.3 is 19.5 Å². The molecule has 2 aromatic carbocycles. The highest BCUT2D eigenvalue weighted by Gasteiger charge is 2.30. The maximum absolute atomic E-state index is 13.2. The van der Waals surface area contributed by atoms with Crippen molar-refractivity contribution >= 4 is 5.91 Å². The monoisotopic (exact) mass is 431 g/mol. The van der Waals surface area contributed by atoms with Crippen molar-refractivity contribution in [2.45, 2.75) is 18.8 Å². The summed E-state index contributed by atoms with van der Waals surface area (Å²) in [5.74, 6) is 2.19. The number of amides is 1. The lowest BCUT2D eigenvalue weighted by atomic mass is 9.89. The van der Waals surface area contributed by atoms with Gasteiger partial charge in [-0.05, 0) is 41.5 Å². The van der Waals surface area contributed by atoms with Crippen LogP contribution < -0.4 is 19.5 Å². The average Bonchev–Trinajstić information content (AvgIpc) is 2.78. The van der Waals surface area contributed by atoms with Gasteiger partial charge in [0.1, 0.15) is 18.6 Å². The average molecular weight is 431 g/mol. The molecule has 2 unspecified atom stereocenters. The van der Waals surface area contributed by atoms with Crippen LogP contribution in [-0.2, 0) is 9.53 Å². The van der Waals surface area contributed by atoms with Gasteiger partial charge in [0.05, 0.1) is 20.1 Å². The molecule has 0 bridgehead atoms. The first kappa shape index (κ1) is 23.7. The van der Waals surface area contributed by atoms with Crippen molar-refractivity contribution in [2.75, 3.05) is 20.8 Å². The van der Waals surface area contributed by atoms with Crippen LogP contribution in [0.2, 0.25) is 0 Å². The quantitative estimate of drug-likeness (QED) is 0.334. The number of nitrogens with one attached hydrogen (secondary N) is 1. The van der Waals surface area contributed by atoms with Crippen LogP contribution in [0.5, 0.6) is 17.2 Å². The molecule has 0 spiro atoms. The number of rotatable bonds is 11. The van der Waals surface area contributed by atoms with Gasteiger partial charge in [-0.3, -0.25) is 9.53 Å². The van der Waals surface area contributed by atoms with Crippen molar-refractivity contribution in [3.8, 4) is 29.6 Å². The predicted octanol–water partition coefficient (Wildman–Crippen LogP) is 3.72. The van der Waals surface area contributed by atoms with E-state index in [1.807, 2.05) is 0 Å². The fourth-order valence-electron chi connectivity index (χ4n) is 2.98. The Bertz CT molecular complexity index is 925. The van der Waals surface area contributed by atoms with Crippen LogP contribution in [0.25, 0.3) is 0 Å². The van der Waals surface area contributed by atoms with Crippen molar-refractivity contribution in [1.29, 1.82) is 0 Å². The summed E-state index contributed by atoms with van der Waals surface area (Å²) in [5, 5.41) is 2.42. The molecule has 2 rings (SSSR count). The van der Waals surface area contributed by atoms with E-state index in [1.54, 1.807) is 42.5 Å². The first-order valence-corrected chi connectivity index (χ1v) is 9.18. The number of ether oxygens (including phenoxy) is 4. The number of hydrogen-bond acceptors (Lipinski definition) is 5. The molecule has 0 aliphatic heterocycles. The van der Waals surface area contributed by atoms with Crippen LogP contribution in [-0.4, -0.2) is 39.6 Å². The number of halogens is 2. The lowest BCUT2D eigenvalue weighted by molar-refractivity contribution is -0.176. The zero-order valence-corrected chi connectivity index (χ0v) is 17.1. The molecular weight excluding hydrogens is 408 g/mol. The Labute approximate surface area is 179 Å². The molecule has 6 nitrogen and oxygen atoms in total. The van der Waals surface area contributed by atoms with Crippen LogP contribution in [0.4, 0.5) is 8.78 Å². The van der Waals surface area contributed by atoms with Gasteiger partial charge in [-0.2, -0.15) is 8.78 Å². The minimum Gasteiger partial charge on any atom is -0.497 e. The van der Waals surface area contributed by atoms with E-state index in [9.17, 15) is 13.6 Å². The summed E-state index contributed by atoms with van der Waals surface area (Å²) in [6, 6.07) is 11.6. The van der Waals surface area contributed by atoms with Crippen molar-refractivity contribution in [2.24, 2.45) is 0 Å². The third-order valence-electron chi connectivity index (χ3n) is 4.35. The third-order valence-corrected chi connectivity index (χ3v) is 4.35. The maximum atomic E-state index is 13.2. The summed E-state index contributed by atoms with van der Waals surface area (Å²) in [6.45, 7) is 0.267. The van der Waals surface area contributed by atoms with E-state index >= 15 is 0 Å². The summed E-state index contributed by atoms with van der Waals surface area (Å²) in [5.41, 5.74) is 1.13. The van der Waals surface area contributed by atoms with Crippen LogP contribution in [0.3, 0.4) is 0 Å². The lowest BCUT2D eigenvalue weighted by Crippen LogP contribution is -2.42. The SMILES string of the molecule is C#CCOc1ccc(C(c2ccc(OC)cc2)C(NC(=O)C=C)OC(F)F)cc1OC. The van der Waals surface area contributed by atoms with E-state index in [4.69, 9.17) is 25.4 Å². The standard InChI is InChI=1S/C23H23F2NO5/c1-5-13-30-18-12-9-16(14-19(18)29-4)21(15-7-10-17(28-3)11-8-15)22(31-23(24)25)26-20(27)6-2/h1,6-12,14,21-23H,2,13H2,3-4H3,(H,26,27). The van der Waals surface area contributed by atoms with Crippen LogP contribution in [0, 0.1) is 12.3 Å². The van der Waals surface area contributed by atoms with Crippen LogP contribution in [0.15, 0.2) is 55.1 Å². The Morgan fingerprint density at radius 2 is 1.81 bits per heavy atom.